The van der Waals surface area contributed by atoms with Crippen molar-refractivity contribution in [2.24, 2.45) is 5.92 Å². The van der Waals surface area contributed by atoms with Crippen molar-refractivity contribution in [3.8, 4) is 0 Å². The molecule has 2 heterocycles. The van der Waals surface area contributed by atoms with Crippen molar-refractivity contribution in [2.75, 3.05) is 29.1 Å². The fourth-order valence-electron chi connectivity index (χ4n) is 3.39. The normalized spacial score (nSPS) is 18.7. The molecule has 2 aliphatic rings. The quantitative estimate of drug-likeness (QED) is 0.635. The lowest BCUT2D eigenvalue weighted by molar-refractivity contribution is -0.125. The van der Waals surface area contributed by atoms with Crippen molar-refractivity contribution >= 4 is 46.7 Å². The molecule has 158 valence electrons. The fourth-order valence-corrected chi connectivity index (χ4v) is 4.19. The lowest BCUT2D eigenvalue weighted by atomic mass is 9.97. The number of amides is 2. The number of aromatic nitrogens is 2. The van der Waals surface area contributed by atoms with Crippen LogP contribution in [-0.4, -0.2) is 46.9 Å². The molecule has 1 aliphatic heterocycles. The number of carbonyl (C=O) groups is 2. The van der Waals surface area contributed by atoms with Gasteiger partial charge in [-0.1, -0.05) is 35.5 Å². The summed E-state index contributed by atoms with van der Waals surface area (Å²) in [5.74, 6) is 0.991. The number of thioether (sulfide) groups is 1. The third kappa shape index (κ3) is 5.64. The van der Waals surface area contributed by atoms with E-state index in [1.165, 1.54) is 11.8 Å². The minimum absolute atomic E-state index is 0.00343. The summed E-state index contributed by atoms with van der Waals surface area (Å²) in [5.41, 5.74) is 0.594. The maximum atomic E-state index is 12.4. The lowest BCUT2D eigenvalue weighted by Crippen LogP contribution is -2.44. The van der Waals surface area contributed by atoms with Crippen LogP contribution in [0.5, 0.6) is 0 Å². The van der Waals surface area contributed by atoms with Crippen LogP contribution in [0.3, 0.4) is 0 Å². The van der Waals surface area contributed by atoms with Crippen molar-refractivity contribution < 1.29 is 9.59 Å². The third-order valence-electron chi connectivity index (χ3n) is 5.16. The number of para-hydroxylation sites is 1. The Morgan fingerprint density at radius 2 is 1.97 bits per heavy atom. The van der Waals surface area contributed by atoms with Crippen LogP contribution in [0.4, 0.5) is 11.5 Å². The number of hydrogen-bond acceptors (Lipinski definition) is 6. The predicted molar refractivity (Wildman–Crippen MR) is 119 cm³/mol. The van der Waals surface area contributed by atoms with Gasteiger partial charge in [-0.25, -0.2) is 0 Å². The third-order valence-corrected chi connectivity index (χ3v) is 6.41. The molecule has 1 aromatic heterocycles. The summed E-state index contributed by atoms with van der Waals surface area (Å²) in [5, 5.41) is 15.6. The van der Waals surface area contributed by atoms with Crippen molar-refractivity contribution in [1.82, 2.24) is 15.5 Å². The fraction of sp³-hybridized carbons (Fsp3) is 0.429. The predicted octanol–water partition coefficient (Wildman–Crippen LogP) is 3.36. The molecular weight excluding hydrogens is 422 g/mol. The molecule has 9 heteroatoms. The molecule has 30 heavy (non-hydrogen) atoms. The van der Waals surface area contributed by atoms with Gasteiger partial charge in [-0.3, -0.25) is 9.59 Å². The maximum Gasteiger partial charge on any atom is 0.234 e. The topological polar surface area (TPSA) is 87.2 Å². The standard InChI is InChI=1S/C21H24ClN5O2S/c22-16-5-1-2-6-17(16)24-19(28)13-30-20-10-9-18(25-26-20)27-11-3-4-14(12-27)21(29)23-15-7-8-15/h1-2,5-6,9-10,14-15H,3-4,7-8,11-13H2,(H,23,29)(H,24,28)/t14-/m0/s1. The van der Waals surface area contributed by atoms with Crippen LogP contribution in [0.15, 0.2) is 41.4 Å². The van der Waals surface area contributed by atoms with Gasteiger partial charge >= 0.3 is 0 Å². The number of hydrogen-bond donors (Lipinski definition) is 2. The van der Waals surface area contributed by atoms with Crippen LogP contribution < -0.4 is 15.5 Å². The molecule has 7 nitrogen and oxygen atoms in total. The van der Waals surface area contributed by atoms with E-state index in [0.717, 1.165) is 38.0 Å². The van der Waals surface area contributed by atoms with Gasteiger partial charge in [0.1, 0.15) is 5.03 Å². The Hall–Kier alpha value is -2.32. The van der Waals surface area contributed by atoms with Gasteiger partial charge in [0.05, 0.1) is 22.4 Å². The number of rotatable bonds is 7. The van der Waals surface area contributed by atoms with Gasteiger partial charge in [0.2, 0.25) is 11.8 Å². The second kappa shape index (κ2) is 9.66. The van der Waals surface area contributed by atoms with E-state index >= 15 is 0 Å². The molecule has 2 N–H and O–H groups in total. The SMILES string of the molecule is O=C(CSc1ccc(N2CCC[C@H](C(=O)NC3CC3)C2)nn1)Nc1ccccc1Cl. The zero-order valence-corrected chi connectivity index (χ0v) is 18.1. The minimum atomic E-state index is -0.153. The van der Waals surface area contributed by atoms with Gasteiger partial charge in [0, 0.05) is 19.1 Å². The highest BCUT2D eigenvalue weighted by atomic mass is 35.5. The van der Waals surface area contributed by atoms with Crippen LogP contribution in [0.2, 0.25) is 5.02 Å². The molecule has 1 atom stereocenters. The van der Waals surface area contributed by atoms with E-state index in [1.807, 2.05) is 24.3 Å². The van der Waals surface area contributed by atoms with E-state index in [9.17, 15) is 9.59 Å². The summed E-state index contributed by atoms with van der Waals surface area (Å²) >= 11 is 7.38. The van der Waals surface area contributed by atoms with Crippen LogP contribution in [0.25, 0.3) is 0 Å². The van der Waals surface area contributed by atoms with Gasteiger partial charge in [-0.2, -0.15) is 0 Å². The highest BCUT2D eigenvalue weighted by Crippen LogP contribution is 2.25. The van der Waals surface area contributed by atoms with Gasteiger partial charge in [-0.15, -0.1) is 10.2 Å². The molecule has 0 bridgehead atoms. The van der Waals surface area contributed by atoms with Gasteiger partial charge in [0.25, 0.3) is 0 Å². The first-order chi connectivity index (χ1) is 14.6. The Labute approximate surface area is 185 Å². The van der Waals surface area contributed by atoms with Crippen molar-refractivity contribution in [2.45, 2.75) is 36.8 Å². The first-order valence-corrected chi connectivity index (χ1v) is 11.5. The number of piperidine rings is 1. The molecule has 4 rings (SSSR count). The Morgan fingerprint density at radius 1 is 1.13 bits per heavy atom. The first kappa shape index (κ1) is 20.9. The second-order valence-corrected chi connectivity index (χ2v) is 9.02. The van der Waals surface area contributed by atoms with Crippen LogP contribution in [-0.2, 0) is 9.59 Å². The molecule has 2 fully saturated rings. The van der Waals surface area contributed by atoms with E-state index in [4.69, 9.17) is 11.6 Å². The molecule has 0 radical (unpaired) electrons. The summed E-state index contributed by atoms with van der Waals surface area (Å²) in [6.45, 7) is 1.54. The Balaban J connectivity index is 1.27. The van der Waals surface area contributed by atoms with Crippen molar-refractivity contribution in [3.05, 3.63) is 41.4 Å². The summed E-state index contributed by atoms with van der Waals surface area (Å²) in [7, 11) is 0. The molecule has 0 spiro atoms. The van der Waals surface area contributed by atoms with Gasteiger partial charge in [0.15, 0.2) is 5.82 Å². The second-order valence-electron chi connectivity index (χ2n) is 7.61. The van der Waals surface area contributed by atoms with E-state index in [0.29, 0.717) is 28.3 Å². The monoisotopic (exact) mass is 445 g/mol. The molecular formula is C21H24ClN5O2S. The Kier molecular flexibility index (Phi) is 6.74. The van der Waals surface area contributed by atoms with Crippen molar-refractivity contribution in [3.63, 3.8) is 0 Å². The average Bonchev–Trinajstić information content (AvgIpc) is 3.58. The number of benzene rings is 1. The smallest absolute Gasteiger partial charge is 0.234 e. The number of nitrogens with one attached hydrogen (secondary N) is 2. The Bertz CT molecular complexity index is 907. The number of anilines is 2. The van der Waals surface area contributed by atoms with Gasteiger partial charge < -0.3 is 15.5 Å². The summed E-state index contributed by atoms with van der Waals surface area (Å²) in [4.78, 5) is 26.6. The van der Waals surface area contributed by atoms with E-state index in [1.54, 1.807) is 12.1 Å². The number of nitrogens with zero attached hydrogens (tertiary/aromatic N) is 3. The number of halogens is 1. The van der Waals surface area contributed by atoms with Crippen LogP contribution in [0.1, 0.15) is 25.7 Å². The van der Waals surface area contributed by atoms with Crippen LogP contribution >= 0.6 is 23.4 Å². The molecule has 0 unspecified atom stereocenters. The molecule has 1 aromatic carbocycles. The molecule has 2 amide bonds. The lowest BCUT2D eigenvalue weighted by Gasteiger charge is -2.32. The van der Waals surface area contributed by atoms with E-state index < -0.39 is 0 Å². The summed E-state index contributed by atoms with van der Waals surface area (Å²) in [6, 6.07) is 11.3. The number of carbonyl (C=O) groups excluding carboxylic acids is 2. The van der Waals surface area contributed by atoms with E-state index in [2.05, 4.69) is 25.7 Å². The van der Waals surface area contributed by atoms with Crippen molar-refractivity contribution in [1.29, 1.82) is 0 Å². The zero-order valence-electron chi connectivity index (χ0n) is 16.5. The molecule has 1 saturated carbocycles. The first-order valence-electron chi connectivity index (χ1n) is 10.1. The summed E-state index contributed by atoms with van der Waals surface area (Å²) < 4.78 is 0. The highest BCUT2D eigenvalue weighted by Gasteiger charge is 2.30. The average molecular weight is 446 g/mol. The largest absolute Gasteiger partial charge is 0.354 e. The maximum absolute atomic E-state index is 12.4. The molecule has 2 aromatic rings. The molecule has 1 saturated heterocycles. The minimum Gasteiger partial charge on any atom is -0.354 e. The van der Waals surface area contributed by atoms with E-state index in [-0.39, 0.29) is 23.5 Å². The van der Waals surface area contributed by atoms with Crippen LogP contribution in [0, 0.1) is 5.92 Å². The highest BCUT2D eigenvalue weighted by molar-refractivity contribution is 7.99. The zero-order chi connectivity index (χ0) is 20.9. The summed E-state index contributed by atoms with van der Waals surface area (Å²) in [6.07, 6.45) is 4.08. The molecule has 1 aliphatic carbocycles. The van der Waals surface area contributed by atoms with Gasteiger partial charge in [-0.05, 0) is 49.9 Å². The Morgan fingerprint density at radius 3 is 2.70 bits per heavy atom.